The second kappa shape index (κ2) is 5.63. The number of nitrogens with two attached hydrogens (primary N) is 1. The Balaban J connectivity index is 2.29. The smallest absolute Gasteiger partial charge is 0.263 e. The molecule has 0 bridgehead atoms. The van der Waals surface area contributed by atoms with Crippen LogP contribution in [-0.4, -0.2) is 12.1 Å². The Morgan fingerprint density at radius 1 is 1.06 bits per heavy atom. The normalized spacial score (nSPS) is 10.4. The second-order valence-electron chi connectivity index (χ2n) is 3.59. The fraction of sp³-hybridized carbons (Fsp3) is 0. The molecule has 0 aliphatic carbocycles. The van der Waals surface area contributed by atoms with Crippen LogP contribution in [0.3, 0.4) is 0 Å². The standard InChI is InChI=1S/C14H12N2O2/c15-14(17)10-16-18-13-9-5-4-8-12(13)11-6-2-1-3-7-11/h1-10H,(H2,15,17)/b16-10+. The molecule has 18 heavy (non-hydrogen) atoms. The number of hydrogen-bond acceptors (Lipinski definition) is 3. The Morgan fingerprint density at radius 3 is 2.44 bits per heavy atom. The van der Waals surface area contributed by atoms with Crippen LogP contribution in [0.25, 0.3) is 11.1 Å². The molecule has 2 aromatic rings. The lowest BCUT2D eigenvalue weighted by Crippen LogP contribution is -2.12. The molecule has 0 aliphatic heterocycles. The summed E-state index contributed by atoms with van der Waals surface area (Å²) in [4.78, 5) is 15.7. The van der Waals surface area contributed by atoms with Crippen LogP contribution in [0.5, 0.6) is 5.75 Å². The summed E-state index contributed by atoms with van der Waals surface area (Å²) in [6.45, 7) is 0. The number of oxime groups is 1. The number of carbonyl (C=O) groups excluding carboxylic acids is 1. The fourth-order valence-corrected chi connectivity index (χ4v) is 1.54. The quantitative estimate of drug-likeness (QED) is 0.657. The number of benzene rings is 2. The lowest BCUT2D eigenvalue weighted by Gasteiger charge is -2.06. The van der Waals surface area contributed by atoms with Gasteiger partial charge in [0.25, 0.3) is 5.91 Å². The van der Waals surface area contributed by atoms with Crippen molar-refractivity contribution in [3.8, 4) is 16.9 Å². The first kappa shape index (κ1) is 11.9. The number of nitrogens with zero attached hydrogens (tertiary/aromatic N) is 1. The van der Waals surface area contributed by atoms with Gasteiger partial charge in [0.1, 0.15) is 6.21 Å². The fourth-order valence-electron chi connectivity index (χ4n) is 1.54. The van der Waals surface area contributed by atoms with E-state index in [0.29, 0.717) is 5.75 Å². The van der Waals surface area contributed by atoms with Crippen molar-refractivity contribution in [2.24, 2.45) is 10.9 Å². The van der Waals surface area contributed by atoms with E-state index in [1.54, 1.807) is 6.07 Å². The van der Waals surface area contributed by atoms with Crippen molar-refractivity contribution in [2.75, 3.05) is 0 Å². The van der Waals surface area contributed by atoms with Gasteiger partial charge in [-0.25, -0.2) is 0 Å². The van der Waals surface area contributed by atoms with Crippen molar-refractivity contribution < 1.29 is 9.63 Å². The van der Waals surface area contributed by atoms with Crippen LogP contribution in [0.15, 0.2) is 59.8 Å². The minimum atomic E-state index is -0.646. The number of rotatable bonds is 4. The topological polar surface area (TPSA) is 64.7 Å². The molecule has 0 aromatic heterocycles. The molecule has 2 rings (SSSR count). The predicted octanol–water partition coefficient (Wildman–Crippen LogP) is 2.20. The van der Waals surface area contributed by atoms with Gasteiger partial charge in [-0.05, 0) is 11.6 Å². The predicted molar refractivity (Wildman–Crippen MR) is 70.2 cm³/mol. The lowest BCUT2D eigenvalue weighted by atomic mass is 10.1. The molecule has 0 aliphatic rings. The van der Waals surface area contributed by atoms with Gasteiger partial charge in [-0.3, -0.25) is 4.79 Å². The molecular weight excluding hydrogens is 228 g/mol. The minimum Gasteiger partial charge on any atom is -0.365 e. The average Bonchev–Trinajstić information content (AvgIpc) is 2.40. The first-order valence-electron chi connectivity index (χ1n) is 5.41. The van der Waals surface area contributed by atoms with E-state index in [0.717, 1.165) is 17.3 Å². The van der Waals surface area contributed by atoms with Crippen LogP contribution in [0.1, 0.15) is 0 Å². The molecule has 2 N–H and O–H groups in total. The highest BCUT2D eigenvalue weighted by molar-refractivity contribution is 6.25. The van der Waals surface area contributed by atoms with E-state index in [-0.39, 0.29) is 0 Å². The largest absolute Gasteiger partial charge is 0.365 e. The molecule has 1 amide bonds. The van der Waals surface area contributed by atoms with Crippen LogP contribution >= 0.6 is 0 Å². The Hall–Kier alpha value is -2.62. The van der Waals surface area contributed by atoms with Crippen LogP contribution in [0.4, 0.5) is 0 Å². The first-order chi connectivity index (χ1) is 8.77. The van der Waals surface area contributed by atoms with Crippen molar-refractivity contribution in [1.82, 2.24) is 0 Å². The third kappa shape index (κ3) is 2.95. The van der Waals surface area contributed by atoms with E-state index in [1.165, 1.54) is 0 Å². The number of primary amides is 1. The molecular formula is C14H12N2O2. The van der Waals surface area contributed by atoms with Gasteiger partial charge >= 0.3 is 0 Å². The van der Waals surface area contributed by atoms with E-state index in [4.69, 9.17) is 10.6 Å². The van der Waals surface area contributed by atoms with Gasteiger partial charge in [0.05, 0.1) is 0 Å². The van der Waals surface area contributed by atoms with E-state index in [1.807, 2.05) is 48.5 Å². The van der Waals surface area contributed by atoms with Crippen LogP contribution in [0.2, 0.25) is 0 Å². The highest BCUT2D eigenvalue weighted by Gasteiger charge is 2.04. The third-order valence-corrected chi connectivity index (χ3v) is 2.30. The monoisotopic (exact) mass is 240 g/mol. The zero-order valence-corrected chi connectivity index (χ0v) is 9.61. The van der Waals surface area contributed by atoms with Crippen molar-refractivity contribution in [3.05, 3.63) is 54.6 Å². The lowest BCUT2D eigenvalue weighted by molar-refractivity contribution is -0.111. The molecule has 0 unspecified atom stereocenters. The minimum absolute atomic E-state index is 0.571. The van der Waals surface area contributed by atoms with Crippen LogP contribution < -0.4 is 10.6 Å². The average molecular weight is 240 g/mol. The molecule has 4 heteroatoms. The molecule has 0 atom stereocenters. The van der Waals surface area contributed by atoms with Crippen LogP contribution in [0, 0.1) is 0 Å². The van der Waals surface area contributed by atoms with Gasteiger partial charge in [-0.1, -0.05) is 53.7 Å². The Labute approximate surface area is 105 Å². The van der Waals surface area contributed by atoms with Crippen molar-refractivity contribution in [2.45, 2.75) is 0 Å². The summed E-state index contributed by atoms with van der Waals surface area (Å²) in [6, 6.07) is 17.2. The molecule has 0 heterocycles. The summed E-state index contributed by atoms with van der Waals surface area (Å²) >= 11 is 0. The first-order valence-corrected chi connectivity index (χ1v) is 5.41. The van der Waals surface area contributed by atoms with E-state index >= 15 is 0 Å². The van der Waals surface area contributed by atoms with E-state index in [2.05, 4.69) is 5.16 Å². The molecule has 0 radical (unpaired) electrons. The summed E-state index contributed by atoms with van der Waals surface area (Å²) < 4.78 is 0. The van der Waals surface area contributed by atoms with Crippen molar-refractivity contribution >= 4 is 12.1 Å². The maximum atomic E-state index is 10.5. The molecule has 0 saturated heterocycles. The van der Waals surface area contributed by atoms with Gasteiger partial charge in [0.2, 0.25) is 0 Å². The van der Waals surface area contributed by atoms with Crippen molar-refractivity contribution in [3.63, 3.8) is 0 Å². The molecule has 0 fully saturated rings. The molecule has 0 spiro atoms. The second-order valence-corrected chi connectivity index (χ2v) is 3.59. The van der Waals surface area contributed by atoms with Gasteiger partial charge in [-0.2, -0.15) is 0 Å². The zero-order valence-electron chi connectivity index (χ0n) is 9.61. The number of amides is 1. The summed E-state index contributed by atoms with van der Waals surface area (Å²) in [7, 11) is 0. The third-order valence-electron chi connectivity index (χ3n) is 2.30. The van der Waals surface area contributed by atoms with Gasteiger partial charge in [0.15, 0.2) is 5.75 Å². The number of hydrogen-bond donors (Lipinski definition) is 1. The Morgan fingerprint density at radius 2 is 1.72 bits per heavy atom. The summed E-state index contributed by atoms with van der Waals surface area (Å²) in [6.07, 6.45) is 0.932. The molecule has 2 aromatic carbocycles. The van der Waals surface area contributed by atoms with Crippen LogP contribution in [-0.2, 0) is 4.79 Å². The highest BCUT2D eigenvalue weighted by Crippen LogP contribution is 2.29. The van der Waals surface area contributed by atoms with Gasteiger partial charge in [-0.15, -0.1) is 0 Å². The van der Waals surface area contributed by atoms with E-state index in [9.17, 15) is 4.79 Å². The Kier molecular flexibility index (Phi) is 3.71. The van der Waals surface area contributed by atoms with Crippen molar-refractivity contribution in [1.29, 1.82) is 0 Å². The summed E-state index contributed by atoms with van der Waals surface area (Å²) in [5.74, 6) is -0.0756. The maximum absolute atomic E-state index is 10.5. The molecule has 4 nitrogen and oxygen atoms in total. The zero-order chi connectivity index (χ0) is 12.8. The van der Waals surface area contributed by atoms with E-state index < -0.39 is 5.91 Å². The van der Waals surface area contributed by atoms with Gasteiger partial charge in [0, 0.05) is 5.56 Å². The summed E-state index contributed by atoms with van der Waals surface area (Å²) in [5, 5.41) is 3.53. The number of para-hydroxylation sites is 1. The Bertz CT molecular complexity index is 565. The SMILES string of the molecule is NC(=O)/C=N/Oc1ccccc1-c1ccccc1. The van der Waals surface area contributed by atoms with Gasteiger partial charge < -0.3 is 10.6 Å². The highest BCUT2D eigenvalue weighted by atomic mass is 16.6. The molecule has 0 saturated carbocycles. The number of carbonyl (C=O) groups is 1. The molecule has 90 valence electrons. The maximum Gasteiger partial charge on any atom is 0.263 e. The summed E-state index contributed by atoms with van der Waals surface area (Å²) in [5.41, 5.74) is 6.86.